The van der Waals surface area contributed by atoms with Crippen LogP contribution in [0.3, 0.4) is 0 Å². The third-order valence-corrected chi connectivity index (χ3v) is 3.70. The summed E-state index contributed by atoms with van der Waals surface area (Å²) in [6.45, 7) is 1.97. The van der Waals surface area contributed by atoms with Gasteiger partial charge < -0.3 is 4.74 Å². The molecule has 0 saturated heterocycles. The molecule has 1 aromatic heterocycles. The van der Waals surface area contributed by atoms with E-state index in [9.17, 15) is 9.59 Å². The van der Waals surface area contributed by atoms with E-state index >= 15 is 0 Å². The van der Waals surface area contributed by atoms with Gasteiger partial charge in [-0.1, -0.05) is 60.7 Å². The van der Waals surface area contributed by atoms with Crippen molar-refractivity contribution >= 4 is 5.97 Å². The molecule has 0 atom stereocenters. The van der Waals surface area contributed by atoms with Crippen LogP contribution in [0.25, 0.3) is 22.4 Å². The van der Waals surface area contributed by atoms with Gasteiger partial charge in [-0.25, -0.2) is 9.78 Å². The standard InChI is InChI=1S/C21H17NO3/c1-2-25-21(24)17-13-18(15-9-5-3-6-10-15)20(22-19(23)14-17)16-11-7-4-8-12-16/h3-14H,2H2,1H3. The number of carbonyl (C=O) groups is 1. The van der Waals surface area contributed by atoms with Crippen LogP contribution in [-0.2, 0) is 4.74 Å². The molecular formula is C21H17NO3. The van der Waals surface area contributed by atoms with Gasteiger partial charge in [0.1, 0.15) is 0 Å². The van der Waals surface area contributed by atoms with Gasteiger partial charge in [0.25, 0.3) is 5.56 Å². The van der Waals surface area contributed by atoms with Crippen LogP contribution >= 0.6 is 0 Å². The van der Waals surface area contributed by atoms with E-state index in [0.717, 1.165) is 11.1 Å². The smallest absolute Gasteiger partial charge is 0.338 e. The van der Waals surface area contributed by atoms with Crippen LogP contribution in [0.1, 0.15) is 17.3 Å². The predicted molar refractivity (Wildman–Crippen MR) is 97.3 cm³/mol. The van der Waals surface area contributed by atoms with Crippen molar-refractivity contribution in [1.82, 2.24) is 4.98 Å². The van der Waals surface area contributed by atoms with Crippen molar-refractivity contribution in [2.75, 3.05) is 6.61 Å². The fraction of sp³-hybridized carbons (Fsp3) is 0.0952. The van der Waals surface area contributed by atoms with Crippen molar-refractivity contribution in [3.05, 3.63) is 88.7 Å². The largest absolute Gasteiger partial charge is 0.462 e. The molecule has 124 valence electrons. The zero-order valence-electron chi connectivity index (χ0n) is 13.8. The second-order valence-corrected chi connectivity index (χ2v) is 5.41. The van der Waals surface area contributed by atoms with Gasteiger partial charge in [-0.2, -0.15) is 0 Å². The van der Waals surface area contributed by atoms with Gasteiger partial charge in [-0.05, 0) is 18.6 Å². The number of ether oxygens (including phenoxy) is 1. The Morgan fingerprint density at radius 3 is 2.12 bits per heavy atom. The number of benzene rings is 2. The Bertz CT molecular complexity index is 938. The molecule has 0 spiro atoms. The van der Waals surface area contributed by atoms with E-state index in [1.54, 1.807) is 13.0 Å². The van der Waals surface area contributed by atoms with E-state index in [4.69, 9.17) is 4.74 Å². The summed E-state index contributed by atoms with van der Waals surface area (Å²) in [5, 5.41) is 0. The summed E-state index contributed by atoms with van der Waals surface area (Å²) in [4.78, 5) is 28.7. The van der Waals surface area contributed by atoms with E-state index in [1.165, 1.54) is 6.07 Å². The quantitative estimate of drug-likeness (QED) is 0.679. The highest BCUT2D eigenvalue weighted by atomic mass is 16.5. The number of aromatic nitrogens is 1. The van der Waals surface area contributed by atoms with Crippen molar-refractivity contribution in [3.8, 4) is 22.4 Å². The van der Waals surface area contributed by atoms with Gasteiger partial charge in [0.2, 0.25) is 0 Å². The van der Waals surface area contributed by atoms with E-state index in [1.807, 2.05) is 60.7 Å². The molecule has 0 aliphatic carbocycles. The second kappa shape index (κ2) is 7.53. The highest BCUT2D eigenvalue weighted by Crippen LogP contribution is 2.29. The molecule has 0 N–H and O–H groups in total. The van der Waals surface area contributed by atoms with Crippen LogP contribution in [0.4, 0.5) is 0 Å². The van der Waals surface area contributed by atoms with Gasteiger partial charge in [0.15, 0.2) is 0 Å². The molecular weight excluding hydrogens is 314 g/mol. The second-order valence-electron chi connectivity index (χ2n) is 5.41. The number of nitrogens with zero attached hydrogens (tertiary/aromatic N) is 1. The fourth-order valence-electron chi connectivity index (χ4n) is 2.59. The maximum Gasteiger partial charge on any atom is 0.338 e. The first kappa shape index (κ1) is 16.6. The molecule has 0 aliphatic rings. The van der Waals surface area contributed by atoms with Crippen molar-refractivity contribution in [2.24, 2.45) is 0 Å². The zero-order valence-corrected chi connectivity index (χ0v) is 13.8. The van der Waals surface area contributed by atoms with Gasteiger partial charge in [0.05, 0.1) is 17.9 Å². The van der Waals surface area contributed by atoms with Crippen molar-refractivity contribution in [3.63, 3.8) is 0 Å². The SMILES string of the molecule is CCOC(=O)c1cc(-c2ccccc2)c(-c2ccccc2)nc(=O)c1. The van der Waals surface area contributed by atoms with Crippen molar-refractivity contribution < 1.29 is 9.53 Å². The summed E-state index contributed by atoms with van der Waals surface area (Å²) in [5.41, 5.74) is 2.63. The van der Waals surface area contributed by atoms with E-state index < -0.39 is 11.5 Å². The number of rotatable bonds is 4. The Labute approximate surface area is 145 Å². The molecule has 0 radical (unpaired) electrons. The molecule has 3 aromatic rings. The lowest BCUT2D eigenvalue weighted by atomic mass is 9.99. The minimum Gasteiger partial charge on any atom is -0.462 e. The summed E-state index contributed by atoms with van der Waals surface area (Å²) in [6.07, 6.45) is 0. The summed E-state index contributed by atoms with van der Waals surface area (Å²) in [5.74, 6) is -0.534. The Morgan fingerprint density at radius 2 is 1.52 bits per heavy atom. The maximum absolute atomic E-state index is 12.3. The lowest BCUT2D eigenvalue weighted by molar-refractivity contribution is 0.0526. The zero-order chi connectivity index (χ0) is 17.6. The van der Waals surface area contributed by atoms with Crippen LogP contribution in [0.5, 0.6) is 0 Å². The van der Waals surface area contributed by atoms with Gasteiger partial charge in [-0.3, -0.25) is 4.79 Å². The summed E-state index contributed by atoms with van der Waals surface area (Å²) >= 11 is 0. The molecule has 0 saturated carbocycles. The summed E-state index contributed by atoms with van der Waals surface area (Å²) in [6, 6.07) is 21.9. The van der Waals surface area contributed by atoms with Gasteiger partial charge >= 0.3 is 5.97 Å². The average molecular weight is 331 g/mol. The predicted octanol–water partition coefficient (Wildman–Crippen LogP) is 3.95. The third kappa shape index (κ3) is 3.80. The highest BCUT2D eigenvalue weighted by Gasteiger charge is 2.14. The molecule has 2 aromatic carbocycles. The first-order valence-electron chi connectivity index (χ1n) is 8.03. The minimum absolute atomic E-state index is 0.195. The normalized spacial score (nSPS) is 10.3. The minimum atomic E-state index is -0.534. The van der Waals surface area contributed by atoms with E-state index in [-0.39, 0.29) is 12.2 Å². The number of carbonyl (C=O) groups excluding carboxylic acids is 1. The van der Waals surface area contributed by atoms with Crippen LogP contribution in [0.2, 0.25) is 0 Å². The summed E-state index contributed by atoms with van der Waals surface area (Å²) < 4.78 is 5.06. The first-order chi connectivity index (χ1) is 12.2. The van der Waals surface area contributed by atoms with Crippen LogP contribution < -0.4 is 5.56 Å². The monoisotopic (exact) mass is 331 g/mol. The number of hydrogen-bond acceptors (Lipinski definition) is 4. The van der Waals surface area contributed by atoms with Crippen LogP contribution in [0, 0.1) is 0 Å². The fourth-order valence-corrected chi connectivity index (χ4v) is 2.59. The van der Waals surface area contributed by atoms with Crippen molar-refractivity contribution in [2.45, 2.75) is 6.92 Å². The van der Waals surface area contributed by atoms with Gasteiger partial charge in [0, 0.05) is 17.2 Å². The van der Waals surface area contributed by atoms with Crippen LogP contribution in [0.15, 0.2) is 77.6 Å². The highest BCUT2D eigenvalue weighted by molar-refractivity contribution is 5.92. The Hall–Kier alpha value is -3.27. The van der Waals surface area contributed by atoms with Crippen LogP contribution in [-0.4, -0.2) is 17.6 Å². The molecule has 3 rings (SSSR count). The Balaban J connectivity index is 2.31. The first-order valence-corrected chi connectivity index (χ1v) is 8.03. The molecule has 1 heterocycles. The molecule has 25 heavy (non-hydrogen) atoms. The number of esters is 1. The third-order valence-electron chi connectivity index (χ3n) is 3.70. The molecule has 4 nitrogen and oxygen atoms in total. The molecule has 0 aliphatic heterocycles. The van der Waals surface area contributed by atoms with Gasteiger partial charge in [-0.15, -0.1) is 0 Å². The molecule has 4 heteroatoms. The number of hydrogen-bond donors (Lipinski definition) is 0. The molecule has 0 amide bonds. The molecule has 0 bridgehead atoms. The Kier molecular flexibility index (Phi) is 5.00. The maximum atomic E-state index is 12.3. The lowest BCUT2D eigenvalue weighted by Gasteiger charge is -2.07. The summed E-state index contributed by atoms with van der Waals surface area (Å²) in [7, 11) is 0. The average Bonchev–Trinajstić information content (AvgIpc) is 2.82. The molecule has 0 unspecified atom stereocenters. The topological polar surface area (TPSA) is 56.3 Å². The lowest BCUT2D eigenvalue weighted by Crippen LogP contribution is -2.07. The Morgan fingerprint density at radius 1 is 0.920 bits per heavy atom. The van der Waals surface area contributed by atoms with E-state index in [2.05, 4.69) is 4.98 Å². The van der Waals surface area contributed by atoms with Crippen molar-refractivity contribution in [1.29, 1.82) is 0 Å². The molecule has 0 fully saturated rings. The van der Waals surface area contributed by atoms with E-state index in [0.29, 0.717) is 11.3 Å².